The molecular formula is C11H18N4S. The van der Waals surface area contributed by atoms with E-state index in [4.69, 9.17) is 12.2 Å². The lowest BCUT2D eigenvalue weighted by atomic mass is 10.2. The second-order valence-corrected chi connectivity index (χ2v) is 4.71. The number of hydrogen-bond acceptors (Lipinski definition) is 2. The Hall–Kier alpha value is -1.10. The number of aromatic amines is 1. The molecule has 0 radical (unpaired) electrons. The summed E-state index contributed by atoms with van der Waals surface area (Å²) in [6.45, 7) is 0.728. The highest BCUT2D eigenvalue weighted by Crippen LogP contribution is 2.17. The van der Waals surface area contributed by atoms with Crippen LogP contribution in [0.3, 0.4) is 0 Å². The van der Waals surface area contributed by atoms with Crippen molar-refractivity contribution in [2.24, 2.45) is 0 Å². The summed E-state index contributed by atoms with van der Waals surface area (Å²) in [6.07, 6.45) is 8.72. The first-order valence-corrected chi connectivity index (χ1v) is 6.16. The van der Waals surface area contributed by atoms with Gasteiger partial charge in [-0.05, 0) is 25.1 Å². The third-order valence-corrected chi connectivity index (χ3v) is 3.40. The molecule has 1 aliphatic rings. The van der Waals surface area contributed by atoms with E-state index in [0.29, 0.717) is 6.04 Å². The lowest BCUT2D eigenvalue weighted by molar-refractivity contribution is 0.460. The summed E-state index contributed by atoms with van der Waals surface area (Å²) >= 11 is 5.36. The second-order valence-electron chi connectivity index (χ2n) is 4.32. The molecule has 4 nitrogen and oxygen atoms in total. The zero-order chi connectivity index (χ0) is 11.4. The van der Waals surface area contributed by atoms with Crippen LogP contribution in [0.4, 0.5) is 0 Å². The van der Waals surface area contributed by atoms with Crippen LogP contribution < -0.4 is 5.32 Å². The van der Waals surface area contributed by atoms with Gasteiger partial charge in [-0.15, -0.1) is 0 Å². The molecule has 5 heteroatoms. The number of imidazole rings is 1. The van der Waals surface area contributed by atoms with E-state index in [-0.39, 0.29) is 0 Å². The van der Waals surface area contributed by atoms with Crippen LogP contribution in [0.1, 0.15) is 31.5 Å². The van der Waals surface area contributed by atoms with Gasteiger partial charge in [0.2, 0.25) is 0 Å². The molecule has 16 heavy (non-hydrogen) atoms. The molecule has 1 aromatic heterocycles. The van der Waals surface area contributed by atoms with Gasteiger partial charge >= 0.3 is 0 Å². The van der Waals surface area contributed by atoms with Crippen LogP contribution in [-0.4, -0.2) is 33.1 Å². The van der Waals surface area contributed by atoms with Crippen LogP contribution in [0.25, 0.3) is 0 Å². The molecule has 0 aromatic carbocycles. The Morgan fingerprint density at radius 3 is 3.00 bits per heavy atom. The molecule has 1 heterocycles. The van der Waals surface area contributed by atoms with Crippen molar-refractivity contribution in [2.75, 3.05) is 7.05 Å². The van der Waals surface area contributed by atoms with Crippen LogP contribution >= 0.6 is 12.2 Å². The van der Waals surface area contributed by atoms with Crippen LogP contribution in [0.5, 0.6) is 0 Å². The number of aromatic nitrogens is 2. The molecule has 0 unspecified atom stereocenters. The van der Waals surface area contributed by atoms with Crippen LogP contribution in [-0.2, 0) is 6.54 Å². The first-order chi connectivity index (χ1) is 7.75. The summed E-state index contributed by atoms with van der Waals surface area (Å²) in [7, 11) is 1.99. The van der Waals surface area contributed by atoms with E-state index in [2.05, 4.69) is 15.3 Å². The van der Waals surface area contributed by atoms with Gasteiger partial charge in [-0.3, -0.25) is 0 Å². The Morgan fingerprint density at radius 1 is 1.62 bits per heavy atom. The van der Waals surface area contributed by atoms with Gasteiger partial charge in [0, 0.05) is 25.5 Å². The minimum Gasteiger partial charge on any atom is -0.360 e. The van der Waals surface area contributed by atoms with Gasteiger partial charge in [-0.2, -0.15) is 0 Å². The van der Waals surface area contributed by atoms with Crippen LogP contribution in [0.15, 0.2) is 12.4 Å². The monoisotopic (exact) mass is 238 g/mol. The quantitative estimate of drug-likeness (QED) is 0.786. The third kappa shape index (κ3) is 2.95. The van der Waals surface area contributed by atoms with Gasteiger partial charge in [-0.1, -0.05) is 12.8 Å². The molecule has 0 saturated heterocycles. The fourth-order valence-corrected chi connectivity index (χ4v) is 2.27. The zero-order valence-electron chi connectivity index (χ0n) is 9.57. The molecule has 1 saturated carbocycles. The number of thiocarbonyl (C=S) groups is 1. The Labute approximate surface area is 101 Å². The molecule has 0 amide bonds. The molecule has 0 atom stereocenters. The largest absolute Gasteiger partial charge is 0.360 e. The average molecular weight is 238 g/mol. The van der Waals surface area contributed by atoms with Gasteiger partial charge in [0.1, 0.15) is 5.82 Å². The van der Waals surface area contributed by atoms with E-state index in [1.165, 1.54) is 25.7 Å². The first kappa shape index (κ1) is 11.4. The predicted molar refractivity (Wildman–Crippen MR) is 68.0 cm³/mol. The van der Waals surface area contributed by atoms with E-state index in [0.717, 1.165) is 17.5 Å². The highest BCUT2D eigenvalue weighted by molar-refractivity contribution is 7.80. The second kappa shape index (κ2) is 5.30. The predicted octanol–water partition coefficient (Wildman–Crippen LogP) is 1.66. The van der Waals surface area contributed by atoms with Crippen molar-refractivity contribution >= 4 is 17.3 Å². The molecule has 0 spiro atoms. The van der Waals surface area contributed by atoms with Gasteiger partial charge in [0.25, 0.3) is 0 Å². The lowest BCUT2D eigenvalue weighted by Gasteiger charge is -2.23. The molecular weight excluding hydrogens is 220 g/mol. The van der Waals surface area contributed by atoms with E-state index in [9.17, 15) is 0 Å². The molecule has 2 rings (SSSR count). The number of nitrogens with zero attached hydrogens (tertiary/aromatic N) is 2. The molecule has 0 bridgehead atoms. The van der Waals surface area contributed by atoms with Crippen molar-refractivity contribution in [2.45, 2.75) is 38.3 Å². The summed E-state index contributed by atoms with van der Waals surface area (Å²) in [5.41, 5.74) is 0. The normalized spacial score (nSPS) is 16.3. The summed E-state index contributed by atoms with van der Waals surface area (Å²) in [5.74, 6) is 0.943. The number of nitrogens with one attached hydrogen (secondary N) is 2. The highest BCUT2D eigenvalue weighted by atomic mass is 32.1. The third-order valence-electron chi connectivity index (χ3n) is 2.97. The number of rotatable bonds is 3. The Morgan fingerprint density at radius 2 is 2.38 bits per heavy atom. The fraction of sp³-hybridized carbons (Fsp3) is 0.636. The summed E-state index contributed by atoms with van der Waals surface area (Å²) < 4.78 is 0. The molecule has 0 aliphatic heterocycles. The number of H-pyrrole nitrogens is 1. The van der Waals surface area contributed by atoms with Crippen LogP contribution in [0.2, 0.25) is 0 Å². The molecule has 2 N–H and O–H groups in total. The Bertz CT molecular complexity index is 330. The highest BCUT2D eigenvalue weighted by Gasteiger charge is 2.17. The standard InChI is InChI=1S/C11H18N4S/c1-15(8-10-12-6-7-13-10)11(16)14-9-4-2-3-5-9/h6-7,9H,2-5,8H2,1H3,(H,12,13)(H,14,16). The fourth-order valence-electron chi connectivity index (χ4n) is 2.04. The molecule has 1 aromatic rings. The van der Waals surface area contributed by atoms with E-state index < -0.39 is 0 Å². The maximum Gasteiger partial charge on any atom is 0.169 e. The first-order valence-electron chi connectivity index (χ1n) is 5.75. The average Bonchev–Trinajstić information content (AvgIpc) is 2.90. The van der Waals surface area contributed by atoms with Crippen molar-refractivity contribution in [3.8, 4) is 0 Å². The smallest absolute Gasteiger partial charge is 0.169 e. The summed E-state index contributed by atoms with van der Waals surface area (Å²) in [6, 6.07) is 0.576. The SMILES string of the molecule is CN(Cc1ncc[nH]1)C(=S)NC1CCCC1. The van der Waals surface area contributed by atoms with Crippen molar-refractivity contribution in [1.82, 2.24) is 20.2 Å². The summed E-state index contributed by atoms with van der Waals surface area (Å²) in [5, 5.41) is 4.23. The van der Waals surface area contributed by atoms with Crippen molar-refractivity contribution in [3.63, 3.8) is 0 Å². The van der Waals surface area contributed by atoms with Gasteiger partial charge in [0.15, 0.2) is 5.11 Å². The maximum absolute atomic E-state index is 5.36. The van der Waals surface area contributed by atoms with Crippen molar-refractivity contribution < 1.29 is 0 Å². The van der Waals surface area contributed by atoms with Crippen molar-refractivity contribution in [3.05, 3.63) is 18.2 Å². The summed E-state index contributed by atoms with van der Waals surface area (Å²) in [4.78, 5) is 9.28. The Kier molecular flexibility index (Phi) is 3.77. The minimum atomic E-state index is 0.576. The van der Waals surface area contributed by atoms with E-state index >= 15 is 0 Å². The lowest BCUT2D eigenvalue weighted by Crippen LogP contribution is -2.41. The molecule has 1 aliphatic carbocycles. The Balaban J connectivity index is 1.79. The van der Waals surface area contributed by atoms with Gasteiger partial charge in [-0.25, -0.2) is 4.98 Å². The number of hydrogen-bond donors (Lipinski definition) is 2. The minimum absolute atomic E-state index is 0.576. The zero-order valence-corrected chi connectivity index (χ0v) is 10.4. The molecule has 88 valence electrons. The topological polar surface area (TPSA) is 44.0 Å². The van der Waals surface area contributed by atoms with Crippen molar-refractivity contribution in [1.29, 1.82) is 0 Å². The molecule has 1 fully saturated rings. The van der Waals surface area contributed by atoms with Crippen LogP contribution in [0, 0.1) is 0 Å². The van der Waals surface area contributed by atoms with Gasteiger partial charge in [0.05, 0.1) is 6.54 Å². The van der Waals surface area contributed by atoms with E-state index in [1.54, 1.807) is 6.20 Å². The van der Waals surface area contributed by atoms with Gasteiger partial charge < -0.3 is 15.2 Å². The van der Waals surface area contributed by atoms with E-state index in [1.807, 2.05) is 18.1 Å². The maximum atomic E-state index is 5.36.